The number of fused-ring (bicyclic) bond motifs is 4. The molecule has 0 saturated heterocycles. The molecule has 1 N–H and O–H groups in total. The van der Waals surface area contributed by atoms with Crippen LogP contribution in [0.3, 0.4) is 0 Å². The number of pyridine rings is 1. The summed E-state index contributed by atoms with van der Waals surface area (Å²) in [6, 6.07) is 23.1. The quantitative estimate of drug-likeness (QED) is 0.502. The van der Waals surface area contributed by atoms with Crippen LogP contribution >= 0.6 is 0 Å². The summed E-state index contributed by atoms with van der Waals surface area (Å²) in [7, 11) is 0. The van der Waals surface area contributed by atoms with Crippen molar-refractivity contribution in [2.24, 2.45) is 0 Å². The van der Waals surface area contributed by atoms with E-state index in [2.05, 4.69) is 4.98 Å². The number of H-pyrrole nitrogens is 1. The number of furan rings is 1. The first-order valence-electron chi connectivity index (χ1n) is 8.43. The number of nitrogens with one attached hydrogen (secondary N) is 1. The smallest absolute Gasteiger partial charge is 0.248 e. The van der Waals surface area contributed by atoms with E-state index in [0.717, 1.165) is 44.2 Å². The molecule has 0 unspecified atom stereocenters. The molecule has 0 spiro atoms. The highest BCUT2D eigenvalue weighted by Gasteiger charge is 2.08. The van der Waals surface area contributed by atoms with Gasteiger partial charge in [0.05, 0.1) is 0 Å². The molecule has 26 heavy (non-hydrogen) atoms. The zero-order valence-electron chi connectivity index (χ0n) is 13.9. The number of hydrogen-bond acceptors (Lipinski definition) is 3. The van der Waals surface area contributed by atoms with Crippen molar-refractivity contribution in [2.45, 2.75) is 6.61 Å². The fourth-order valence-electron chi connectivity index (χ4n) is 3.35. The molecule has 2 aromatic heterocycles. The second-order valence-electron chi connectivity index (χ2n) is 6.25. The van der Waals surface area contributed by atoms with E-state index in [4.69, 9.17) is 9.15 Å². The molecule has 0 aliphatic heterocycles. The maximum Gasteiger partial charge on any atom is 0.248 e. The molecule has 0 radical (unpaired) electrons. The summed E-state index contributed by atoms with van der Waals surface area (Å²) in [6.07, 6.45) is 0. The molecule has 0 aliphatic carbocycles. The Hall–Kier alpha value is -3.53. The van der Waals surface area contributed by atoms with Gasteiger partial charge in [-0.2, -0.15) is 0 Å². The van der Waals surface area contributed by atoms with E-state index < -0.39 is 0 Å². The van der Waals surface area contributed by atoms with Gasteiger partial charge in [0.1, 0.15) is 23.5 Å². The Morgan fingerprint density at radius 1 is 0.808 bits per heavy atom. The molecule has 4 heteroatoms. The fraction of sp³-hybridized carbons (Fsp3) is 0.0455. The van der Waals surface area contributed by atoms with Gasteiger partial charge >= 0.3 is 0 Å². The normalized spacial score (nSPS) is 11.4. The highest BCUT2D eigenvalue weighted by Crippen LogP contribution is 2.31. The lowest BCUT2D eigenvalue weighted by molar-refractivity contribution is 0.308. The SMILES string of the molecule is O=c1cc(COc2ccc3oc4ccccc4c3c2)c2ccccc2[nH]1. The highest BCUT2D eigenvalue weighted by molar-refractivity contribution is 6.05. The molecular formula is C22H15NO3. The molecule has 4 nitrogen and oxygen atoms in total. The first-order chi connectivity index (χ1) is 12.8. The second kappa shape index (κ2) is 5.77. The van der Waals surface area contributed by atoms with Gasteiger partial charge in [0.2, 0.25) is 5.56 Å². The number of aromatic nitrogens is 1. The van der Waals surface area contributed by atoms with Crippen molar-refractivity contribution in [3.63, 3.8) is 0 Å². The van der Waals surface area contributed by atoms with Gasteiger partial charge in [-0.25, -0.2) is 0 Å². The topological polar surface area (TPSA) is 55.2 Å². The monoisotopic (exact) mass is 341 g/mol. The predicted molar refractivity (Wildman–Crippen MR) is 103 cm³/mol. The van der Waals surface area contributed by atoms with Crippen molar-refractivity contribution >= 4 is 32.8 Å². The lowest BCUT2D eigenvalue weighted by Crippen LogP contribution is -2.08. The van der Waals surface area contributed by atoms with Gasteiger partial charge < -0.3 is 14.1 Å². The Balaban J connectivity index is 1.52. The molecule has 126 valence electrons. The molecule has 0 saturated carbocycles. The third-order valence-corrected chi connectivity index (χ3v) is 4.58. The average Bonchev–Trinajstić information content (AvgIpc) is 3.04. The van der Waals surface area contributed by atoms with Crippen LogP contribution in [0.2, 0.25) is 0 Å². The zero-order chi connectivity index (χ0) is 17.5. The van der Waals surface area contributed by atoms with E-state index in [0.29, 0.717) is 6.61 Å². The van der Waals surface area contributed by atoms with E-state index in [1.807, 2.05) is 66.7 Å². The average molecular weight is 341 g/mol. The summed E-state index contributed by atoms with van der Waals surface area (Å²) in [5, 5.41) is 3.07. The Bertz CT molecular complexity index is 1310. The van der Waals surface area contributed by atoms with Crippen LogP contribution in [0.5, 0.6) is 5.75 Å². The van der Waals surface area contributed by atoms with Gasteiger partial charge in [0.15, 0.2) is 0 Å². The summed E-state index contributed by atoms with van der Waals surface area (Å²) in [4.78, 5) is 14.7. The van der Waals surface area contributed by atoms with Crippen molar-refractivity contribution in [1.82, 2.24) is 4.98 Å². The van der Waals surface area contributed by atoms with Crippen LogP contribution in [-0.4, -0.2) is 4.98 Å². The molecule has 5 aromatic rings. The molecule has 0 fully saturated rings. The van der Waals surface area contributed by atoms with Gasteiger partial charge in [-0.15, -0.1) is 0 Å². The first-order valence-corrected chi connectivity index (χ1v) is 8.43. The molecule has 3 aromatic carbocycles. The van der Waals surface area contributed by atoms with Crippen molar-refractivity contribution in [3.05, 3.63) is 88.7 Å². The Labute approximate surface area is 148 Å². The van der Waals surface area contributed by atoms with Gasteiger partial charge in [0.25, 0.3) is 0 Å². The van der Waals surface area contributed by atoms with E-state index in [1.165, 1.54) is 0 Å². The van der Waals surface area contributed by atoms with Crippen LogP contribution in [-0.2, 0) is 6.61 Å². The Morgan fingerprint density at radius 2 is 1.58 bits per heavy atom. The minimum atomic E-state index is -0.126. The first kappa shape index (κ1) is 14.8. The van der Waals surface area contributed by atoms with Gasteiger partial charge in [-0.05, 0) is 30.3 Å². The second-order valence-corrected chi connectivity index (χ2v) is 6.25. The third-order valence-electron chi connectivity index (χ3n) is 4.58. The van der Waals surface area contributed by atoms with Crippen molar-refractivity contribution in [3.8, 4) is 5.75 Å². The molecule has 5 rings (SSSR count). The Morgan fingerprint density at radius 3 is 2.50 bits per heavy atom. The highest BCUT2D eigenvalue weighted by atomic mass is 16.5. The van der Waals surface area contributed by atoms with E-state index in [1.54, 1.807) is 6.07 Å². The van der Waals surface area contributed by atoms with Crippen LogP contribution in [0.15, 0.2) is 82.0 Å². The fourth-order valence-corrected chi connectivity index (χ4v) is 3.35. The van der Waals surface area contributed by atoms with Crippen LogP contribution in [0.4, 0.5) is 0 Å². The van der Waals surface area contributed by atoms with Crippen LogP contribution in [0.1, 0.15) is 5.56 Å². The predicted octanol–water partition coefficient (Wildman–Crippen LogP) is 5.01. The molecule has 0 atom stereocenters. The minimum Gasteiger partial charge on any atom is -0.489 e. The van der Waals surface area contributed by atoms with Crippen molar-refractivity contribution < 1.29 is 9.15 Å². The van der Waals surface area contributed by atoms with Crippen molar-refractivity contribution in [2.75, 3.05) is 0 Å². The maximum absolute atomic E-state index is 11.9. The summed E-state index contributed by atoms with van der Waals surface area (Å²) in [5.74, 6) is 0.744. The molecule has 0 aliphatic rings. The molecule has 0 amide bonds. The largest absolute Gasteiger partial charge is 0.489 e. The lowest BCUT2D eigenvalue weighted by Gasteiger charge is -2.09. The van der Waals surface area contributed by atoms with E-state index in [-0.39, 0.29) is 5.56 Å². The number of aromatic amines is 1. The van der Waals surface area contributed by atoms with E-state index >= 15 is 0 Å². The standard InChI is InChI=1S/C22H15NO3/c24-22-11-14(16-5-1-3-7-19(16)23-22)13-25-15-9-10-21-18(12-15)17-6-2-4-8-20(17)26-21/h1-12H,13H2,(H,23,24). The van der Waals surface area contributed by atoms with Gasteiger partial charge in [0, 0.05) is 33.3 Å². The van der Waals surface area contributed by atoms with Crippen LogP contribution < -0.4 is 10.3 Å². The van der Waals surface area contributed by atoms with Crippen molar-refractivity contribution in [1.29, 1.82) is 0 Å². The summed E-state index contributed by atoms with van der Waals surface area (Å²) in [5.41, 5.74) is 3.25. The number of para-hydroxylation sites is 2. The minimum absolute atomic E-state index is 0.126. The van der Waals surface area contributed by atoms with Crippen LogP contribution in [0, 0.1) is 0 Å². The summed E-state index contributed by atoms with van der Waals surface area (Å²) < 4.78 is 11.8. The number of benzene rings is 3. The zero-order valence-corrected chi connectivity index (χ0v) is 13.9. The third kappa shape index (κ3) is 2.43. The molecular weight excluding hydrogens is 326 g/mol. The van der Waals surface area contributed by atoms with Crippen LogP contribution in [0.25, 0.3) is 32.8 Å². The number of ether oxygens (including phenoxy) is 1. The van der Waals surface area contributed by atoms with Gasteiger partial charge in [-0.3, -0.25) is 4.79 Å². The summed E-state index contributed by atoms with van der Waals surface area (Å²) in [6.45, 7) is 0.325. The maximum atomic E-state index is 11.9. The summed E-state index contributed by atoms with van der Waals surface area (Å²) >= 11 is 0. The molecule has 0 bridgehead atoms. The Kier molecular flexibility index (Phi) is 3.28. The van der Waals surface area contributed by atoms with E-state index in [9.17, 15) is 4.79 Å². The number of hydrogen-bond donors (Lipinski definition) is 1. The number of rotatable bonds is 3. The lowest BCUT2D eigenvalue weighted by atomic mass is 10.1. The molecule has 2 heterocycles. The van der Waals surface area contributed by atoms with Gasteiger partial charge in [-0.1, -0.05) is 36.4 Å².